The smallest absolute Gasteiger partial charge is 0.321 e. The van der Waals surface area contributed by atoms with Gasteiger partial charge in [-0.05, 0) is 6.07 Å². The van der Waals surface area contributed by atoms with Gasteiger partial charge >= 0.3 is 5.97 Å². The Morgan fingerprint density at radius 2 is 2.33 bits per heavy atom. The van der Waals surface area contributed by atoms with Crippen LogP contribution >= 0.6 is 15.9 Å². The quantitative estimate of drug-likeness (QED) is 0.347. The number of nitrogens with zero attached hydrogens (tertiary/aromatic N) is 2. The summed E-state index contributed by atoms with van der Waals surface area (Å²) >= 11 is 3.12. The van der Waals surface area contributed by atoms with E-state index in [1.54, 1.807) is 0 Å². The van der Waals surface area contributed by atoms with E-state index in [0.29, 0.717) is 5.75 Å². The Labute approximate surface area is 127 Å². The van der Waals surface area contributed by atoms with Crippen molar-refractivity contribution in [1.82, 2.24) is 0 Å². The summed E-state index contributed by atoms with van der Waals surface area (Å²) in [6, 6.07) is 3.95. The molecule has 1 aliphatic rings. The van der Waals surface area contributed by atoms with Crippen LogP contribution in [0, 0.1) is 10.1 Å². The van der Waals surface area contributed by atoms with E-state index in [9.17, 15) is 19.7 Å². The van der Waals surface area contributed by atoms with Crippen molar-refractivity contribution in [3.05, 3.63) is 28.3 Å². The maximum atomic E-state index is 11.9. The maximum absolute atomic E-state index is 11.9. The van der Waals surface area contributed by atoms with Crippen molar-refractivity contribution >= 4 is 39.2 Å². The minimum absolute atomic E-state index is 0.0109. The number of benzene rings is 1. The molecule has 1 atom stereocenters. The molecule has 1 heterocycles. The van der Waals surface area contributed by atoms with E-state index >= 15 is 0 Å². The number of hydrogen-bond acceptors (Lipinski definition) is 6. The van der Waals surface area contributed by atoms with Gasteiger partial charge in [-0.25, -0.2) is 0 Å². The average Bonchev–Trinajstić information content (AvgIpc) is 2.48. The number of amides is 1. The van der Waals surface area contributed by atoms with Crippen LogP contribution in [0.5, 0.6) is 5.75 Å². The molecule has 0 bridgehead atoms. The zero-order valence-electron chi connectivity index (χ0n) is 10.9. The van der Waals surface area contributed by atoms with Crippen LogP contribution in [-0.2, 0) is 14.3 Å². The van der Waals surface area contributed by atoms with E-state index in [4.69, 9.17) is 4.74 Å². The largest absolute Gasteiger partial charge is 0.482 e. The van der Waals surface area contributed by atoms with Gasteiger partial charge in [0.05, 0.1) is 17.7 Å². The molecule has 1 aromatic rings. The summed E-state index contributed by atoms with van der Waals surface area (Å²) in [6.07, 6.45) is 0. The van der Waals surface area contributed by atoms with Gasteiger partial charge in [-0.2, -0.15) is 0 Å². The lowest BCUT2D eigenvalue weighted by Gasteiger charge is -2.30. The number of anilines is 1. The third-order valence-corrected chi connectivity index (χ3v) is 3.56. The van der Waals surface area contributed by atoms with Gasteiger partial charge in [-0.15, -0.1) is 0 Å². The second kappa shape index (κ2) is 6.08. The lowest BCUT2D eigenvalue weighted by Crippen LogP contribution is -2.43. The summed E-state index contributed by atoms with van der Waals surface area (Å²) in [4.78, 5) is 34.2. The highest BCUT2D eigenvalue weighted by atomic mass is 79.9. The van der Waals surface area contributed by atoms with Gasteiger partial charge in [-0.1, -0.05) is 15.9 Å². The Morgan fingerprint density at radius 3 is 2.95 bits per heavy atom. The number of methoxy groups -OCH3 is 1. The van der Waals surface area contributed by atoms with Gasteiger partial charge < -0.3 is 14.4 Å². The SMILES string of the molecule is COC(=O)C(Br)CN1C(=O)COc2ccc([N+](=O)[O-])cc21. The second-order valence-electron chi connectivity index (χ2n) is 4.19. The minimum Gasteiger partial charge on any atom is -0.482 e. The average molecular weight is 359 g/mol. The molecule has 1 amide bonds. The number of carbonyl (C=O) groups excluding carboxylic acids is 2. The first-order chi connectivity index (χ1) is 9.93. The molecular weight excluding hydrogens is 348 g/mol. The Bertz CT molecular complexity index is 605. The molecule has 0 radical (unpaired) electrons. The van der Waals surface area contributed by atoms with Gasteiger partial charge in [0.2, 0.25) is 0 Å². The van der Waals surface area contributed by atoms with Crippen LogP contribution in [0.1, 0.15) is 0 Å². The number of carbonyl (C=O) groups is 2. The normalized spacial score (nSPS) is 15.0. The molecule has 0 fully saturated rings. The summed E-state index contributed by atoms with van der Waals surface area (Å²) in [7, 11) is 1.23. The van der Waals surface area contributed by atoms with Crippen LogP contribution in [0.2, 0.25) is 0 Å². The van der Waals surface area contributed by atoms with Crippen molar-refractivity contribution in [2.45, 2.75) is 4.83 Å². The van der Waals surface area contributed by atoms with E-state index in [1.165, 1.54) is 30.2 Å². The highest BCUT2D eigenvalue weighted by Crippen LogP contribution is 2.35. The third-order valence-electron chi connectivity index (χ3n) is 2.90. The van der Waals surface area contributed by atoms with Crippen molar-refractivity contribution in [3.63, 3.8) is 0 Å². The van der Waals surface area contributed by atoms with Crippen molar-refractivity contribution in [2.24, 2.45) is 0 Å². The van der Waals surface area contributed by atoms with Crippen LogP contribution in [0.4, 0.5) is 11.4 Å². The summed E-state index contributed by atoms with van der Waals surface area (Å²) in [6.45, 7) is -0.200. The maximum Gasteiger partial charge on any atom is 0.321 e. The number of nitro groups is 1. The highest BCUT2D eigenvalue weighted by Gasteiger charge is 2.31. The molecule has 0 aliphatic carbocycles. The first-order valence-electron chi connectivity index (χ1n) is 5.87. The Morgan fingerprint density at radius 1 is 1.62 bits per heavy atom. The number of rotatable bonds is 4. The molecule has 2 rings (SSSR count). The van der Waals surface area contributed by atoms with E-state index in [1.807, 2.05) is 0 Å². The van der Waals surface area contributed by atoms with Gasteiger partial charge in [0.15, 0.2) is 6.61 Å². The molecule has 1 aliphatic heterocycles. The van der Waals surface area contributed by atoms with Crippen molar-refractivity contribution < 1.29 is 24.0 Å². The summed E-state index contributed by atoms with van der Waals surface area (Å²) in [5.74, 6) is -0.581. The molecule has 0 saturated carbocycles. The van der Waals surface area contributed by atoms with Crippen LogP contribution in [0.3, 0.4) is 0 Å². The van der Waals surface area contributed by atoms with E-state index in [0.717, 1.165) is 0 Å². The fraction of sp³-hybridized carbons (Fsp3) is 0.333. The number of nitro benzene ring substituents is 1. The second-order valence-corrected chi connectivity index (χ2v) is 5.30. The highest BCUT2D eigenvalue weighted by molar-refractivity contribution is 9.10. The fourth-order valence-electron chi connectivity index (χ4n) is 1.87. The summed E-state index contributed by atoms with van der Waals surface area (Å²) in [5, 5.41) is 10.8. The number of halogens is 1. The van der Waals surface area contributed by atoms with Gasteiger partial charge in [0.1, 0.15) is 10.6 Å². The standard InChI is InChI=1S/C12H11BrN2O6/c1-20-12(17)8(13)5-14-9-4-7(15(18)19)2-3-10(9)21-6-11(14)16/h2-4,8H,5-6H2,1H3. The molecule has 1 aromatic carbocycles. The lowest BCUT2D eigenvalue weighted by molar-refractivity contribution is -0.384. The van der Waals surface area contributed by atoms with E-state index in [2.05, 4.69) is 20.7 Å². The van der Waals surface area contributed by atoms with Gasteiger partial charge in [-0.3, -0.25) is 19.7 Å². The monoisotopic (exact) mass is 358 g/mol. The van der Waals surface area contributed by atoms with Crippen LogP contribution < -0.4 is 9.64 Å². The number of esters is 1. The number of hydrogen-bond donors (Lipinski definition) is 0. The van der Waals surface area contributed by atoms with E-state index in [-0.39, 0.29) is 24.5 Å². The van der Waals surface area contributed by atoms with E-state index < -0.39 is 21.6 Å². The Balaban J connectivity index is 2.34. The fourth-order valence-corrected chi connectivity index (χ4v) is 2.34. The molecule has 0 saturated heterocycles. The number of fused-ring (bicyclic) bond motifs is 1. The van der Waals surface area contributed by atoms with Crippen molar-refractivity contribution in [2.75, 3.05) is 25.2 Å². The van der Waals surface area contributed by atoms with Crippen molar-refractivity contribution in [3.8, 4) is 5.75 Å². The Hall–Kier alpha value is -2.16. The molecule has 0 aromatic heterocycles. The molecule has 112 valence electrons. The molecule has 8 nitrogen and oxygen atoms in total. The molecule has 21 heavy (non-hydrogen) atoms. The number of ether oxygens (including phenoxy) is 2. The van der Waals surface area contributed by atoms with Crippen molar-refractivity contribution in [1.29, 1.82) is 0 Å². The molecule has 0 N–H and O–H groups in total. The molecule has 0 spiro atoms. The summed E-state index contributed by atoms with van der Waals surface area (Å²) < 4.78 is 9.80. The number of alkyl halides is 1. The predicted molar refractivity (Wildman–Crippen MR) is 75.7 cm³/mol. The van der Waals surface area contributed by atoms with Gasteiger partial charge in [0, 0.05) is 18.7 Å². The first-order valence-corrected chi connectivity index (χ1v) is 6.79. The van der Waals surface area contributed by atoms with Crippen LogP contribution in [-0.4, -0.2) is 41.9 Å². The lowest BCUT2D eigenvalue weighted by atomic mass is 10.2. The Kier molecular flexibility index (Phi) is 4.41. The number of non-ortho nitro benzene ring substituents is 1. The zero-order valence-corrected chi connectivity index (χ0v) is 12.5. The van der Waals surface area contributed by atoms with Crippen LogP contribution in [0.15, 0.2) is 18.2 Å². The predicted octanol–water partition coefficient (Wildman–Crippen LogP) is 1.26. The minimum atomic E-state index is -0.739. The third kappa shape index (κ3) is 3.13. The topological polar surface area (TPSA) is 99.0 Å². The molecular formula is C12H11BrN2O6. The first kappa shape index (κ1) is 15.2. The van der Waals surface area contributed by atoms with Crippen LogP contribution in [0.25, 0.3) is 0 Å². The molecule has 1 unspecified atom stereocenters. The summed E-state index contributed by atoms with van der Waals surface area (Å²) in [5.41, 5.74) is 0.0926. The zero-order chi connectivity index (χ0) is 15.6. The molecule has 9 heteroatoms. The van der Waals surface area contributed by atoms with Gasteiger partial charge in [0.25, 0.3) is 11.6 Å².